The van der Waals surface area contributed by atoms with Crippen molar-refractivity contribution in [2.75, 3.05) is 30.9 Å². The first-order valence-electron chi connectivity index (χ1n) is 7.36. The van der Waals surface area contributed by atoms with E-state index >= 15 is 0 Å². The lowest BCUT2D eigenvalue weighted by molar-refractivity contribution is -0.118. The highest BCUT2D eigenvalue weighted by Gasteiger charge is 2.16. The molecule has 1 aliphatic rings. The molecule has 0 fully saturated rings. The van der Waals surface area contributed by atoms with Gasteiger partial charge in [0.1, 0.15) is 23.6 Å². The third kappa shape index (κ3) is 3.43. The first-order valence-corrected chi connectivity index (χ1v) is 7.36. The molecular weight excluding hydrogens is 310 g/mol. The van der Waals surface area contributed by atoms with Gasteiger partial charge in [0.05, 0.1) is 5.69 Å². The Balaban J connectivity index is 1.67. The van der Waals surface area contributed by atoms with E-state index in [0.717, 1.165) is 5.56 Å². The van der Waals surface area contributed by atoms with Crippen molar-refractivity contribution in [3.05, 3.63) is 41.9 Å². The van der Waals surface area contributed by atoms with Gasteiger partial charge in [0.15, 0.2) is 6.61 Å². The third-order valence-corrected chi connectivity index (χ3v) is 3.47. The van der Waals surface area contributed by atoms with Crippen LogP contribution in [0, 0.1) is 0 Å². The quantitative estimate of drug-likeness (QED) is 0.862. The second-order valence-corrected chi connectivity index (χ2v) is 5.51. The van der Waals surface area contributed by atoms with Gasteiger partial charge in [-0.2, -0.15) is 0 Å². The van der Waals surface area contributed by atoms with E-state index in [2.05, 4.69) is 20.6 Å². The highest BCUT2D eigenvalue weighted by atomic mass is 16.5. The van der Waals surface area contributed by atoms with E-state index in [9.17, 15) is 9.59 Å². The fourth-order valence-corrected chi connectivity index (χ4v) is 2.23. The number of ether oxygens (including phenoxy) is 1. The van der Waals surface area contributed by atoms with Gasteiger partial charge in [-0.1, -0.05) is 6.07 Å². The van der Waals surface area contributed by atoms with Crippen molar-refractivity contribution in [2.45, 2.75) is 6.54 Å². The Hall–Kier alpha value is -3.16. The number of hydrogen-bond acceptors (Lipinski definition) is 6. The van der Waals surface area contributed by atoms with Crippen LogP contribution in [0.3, 0.4) is 0 Å². The van der Waals surface area contributed by atoms with Crippen LogP contribution in [0.15, 0.2) is 30.6 Å². The van der Waals surface area contributed by atoms with Crippen LogP contribution in [-0.4, -0.2) is 42.5 Å². The number of nitrogens with zero attached hydrogens (tertiary/aromatic N) is 3. The van der Waals surface area contributed by atoms with Crippen LogP contribution in [0.1, 0.15) is 16.1 Å². The van der Waals surface area contributed by atoms with Crippen LogP contribution in [0.25, 0.3) is 0 Å². The average Bonchev–Trinajstić information content (AvgIpc) is 2.59. The number of benzene rings is 1. The molecule has 0 unspecified atom stereocenters. The molecule has 2 heterocycles. The van der Waals surface area contributed by atoms with Crippen molar-refractivity contribution >= 4 is 23.3 Å². The minimum absolute atomic E-state index is 0.0189. The van der Waals surface area contributed by atoms with Crippen molar-refractivity contribution in [3.8, 4) is 5.75 Å². The van der Waals surface area contributed by atoms with Gasteiger partial charge < -0.3 is 20.3 Å². The predicted molar refractivity (Wildman–Crippen MR) is 88.1 cm³/mol. The van der Waals surface area contributed by atoms with E-state index in [1.54, 1.807) is 23.1 Å². The Morgan fingerprint density at radius 3 is 2.96 bits per heavy atom. The number of hydrogen-bond donors (Lipinski definition) is 2. The second kappa shape index (κ2) is 6.53. The number of amides is 2. The van der Waals surface area contributed by atoms with Crippen molar-refractivity contribution in [1.82, 2.24) is 15.3 Å². The van der Waals surface area contributed by atoms with Gasteiger partial charge in [-0.05, 0) is 17.7 Å². The van der Waals surface area contributed by atoms with E-state index in [0.29, 0.717) is 29.5 Å². The maximum absolute atomic E-state index is 12.2. The van der Waals surface area contributed by atoms with Crippen LogP contribution in [0.4, 0.5) is 11.5 Å². The third-order valence-electron chi connectivity index (χ3n) is 3.47. The lowest BCUT2D eigenvalue weighted by atomic mass is 10.1. The van der Waals surface area contributed by atoms with Crippen LogP contribution >= 0.6 is 0 Å². The van der Waals surface area contributed by atoms with Gasteiger partial charge in [-0.25, -0.2) is 9.97 Å². The number of nitrogens with one attached hydrogen (secondary N) is 2. The smallest absolute Gasteiger partial charge is 0.270 e. The minimum Gasteiger partial charge on any atom is -0.482 e. The van der Waals surface area contributed by atoms with Gasteiger partial charge in [0.25, 0.3) is 11.8 Å². The van der Waals surface area contributed by atoms with E-state index in [1.807, 2.05) is 20.2 Å². The molecule has 3 rings (SSSR count). The number of aromatic nitrogens is 2. The Labute approximate surface area is 138 Å². The molecule has 8 nitrogen and oxygen atoms in total. The van der Waals surface area contributed by atoms with Crippen LogP contribution in [-0.2, 0) is 11.3 Å². The molecule has 2 amide bonds. The van der Waals surface area contributed by atoms with Gasteiger partial charge in [0.2, 0.25) is 0 Å². The lowest BCUT2D eigenvalue weighted by Gasteiger charge is -2.18. The molecule has 0 saturated heterocycles. The zero-order chi connectivity index (χ0) is 17.1. The van der Waals surface area contributed by atoms with Crippen LogP contribution in [0.5, 0.6) is 5.75 Å². The summed E-state index contributed by atoms with van der Waals surface area (Å²) in [6.45, 7) is 0.328. The Morgan fingerprint density at radius 1 is 1.33 bits per heavy atom. The zero-order valence-corrected chi connectivity index (χ0v) is 13.4. The molecule has 1 aromatic heterocycles. The molecule has 124 valence electrons. The van der Waals surface area contributed by atoms with Gasteiger partial charge in [-0.15, -0.1) is 0 Å². The molecule has 2 aromatic rings. The summed E-state index contributed by atoms with van der Waals surface area (Å²) >= 11 is 0. The number of fused-ring (bicyclic) bond motifs is 1. The average molecular weight is 327 g/mol. The second-order valence-electron chi connectivity index (χ2n) is 5.51. The van der Waals surface area contributed by atoms with Crippen LogP contribution in [0.2, 0.25) is 0 Å². The molecular formula is C16H17N5O3. The van der Waals surface area contributed by atoms with Crippen molar-refractivity contribution in [3.63, 3.8) is 0 Å². The topological polar surface area (TPSA) is 96.5 Å². The monoisotopic (exact) mass is 327 g/mol. The summed E-state index contributed by atoms with van der Waals surface area (Å²) in [6.07, 6.45) is 1.36. The molecule has 2 N–H and O–H groups in total. The maximum atomic E-state index is 12.2. The van der Waals surface area contributed by atoms with E-state index < -0.39 is 0 Å². The molecule has 0 bridgehead atoms. The molecule has 0 spiro atoms. The molecule has 24 heavy (non-hydrogen) atoms. The van der Waals surface area contributed by atoms with Crippen molar-refractivity contribution in [1.29, 1.82) is 0 Å². The fraction of sp³-hybridized carbons (Fsp3) is 0.250. The van der Waals surface area contributed by atoms with Gasteiger partial charge >= 0.3 is 0 Å². The Morgan fingerprint density at radius 2 is 2.17 bits per heavy atom. The molecule has 0 radical (unpaired) electrons. The highest BCUT2D eigenvalue weighted by Crippen LogP contribution is 2.28. The summed E-state index contributed by atoms with van der Waals surface area (Å²) in [7, 11) is 3.68. The van der Waals surface area contributed by atoms with E-state index in [-0.39, 0.29) is 18.4 Å². The Kier molecular flexibility index (Phi) is 4.28. The van der Waals surface area contributed by atoms with E-state index in [4.69, 9.17) is 4.74 Å². The van der Waals surface area contributed by atoms with Gasteiger partial charge in [0, 0.05) is 26.7 Å². The molecule has 0 saturated carbocycles. The zero-order valence-electron chi connectivity index (χ0n) is 13.4. The first-order chi connectivity index (χ1) is 11.5. The maximum Gasteiger partial charge on any atom is 0.270 e. The standard InChI is InChI=1S/C16H17N5O3/c1-21(2)14-6-12(18-9-19-14)16(23)17-7-10-3-4-13-11(5-10)20-15(22)8-24-13/h3-6,9H,7-8H2,1-2H3,(H,17,23)(H,20,22). The SMILES string of the molecule is CN(C)c1cc(C(=O)NCc2ccc3c(c2)NC(=O)CO3)ncn1. The number of carbonyl (C=O) groups excluding carboxylic acids is 2. The molecule has 1 aliphatic heterocycles. The fourth-order valence-electron chi connectivity index (χ4n) is 2.23. The van der Waals surface area contributed by atoms with Crippen LogP contribution < -0.4 is 20.3 Å². The summed E-state index contributed by atoms with van der Waals surface area (Å²) in [5.74, 6) is 0.791. The number of rotatable bonds is 4. The number of anilines is 2. The molecule has 8 heteroatoms. The van der Waals surface area contributed by atoms with Crippen molar-refractivity contribution in [2.24, 2.45) is 0 Å². The predicted octanol–water partition coefficient (Wildman–Crippen LogP) is 0.803. The van der Waals surface area contributed by atoms with E-state index in [1.165, 1.54) is 6.33 Å². The number of carbonyl (C=O) groups is 2. The first kappa shape index (κ1) is 15.7. The minimum atomic E-state index is -0.293. The largest absolute Gasteiger partial charge is 0.482 e. The summed E-state index contributed by atoms with van der Waals surface area (Å²) < 4.78 is 5.30. The summed E-state index contributed by atoms with van der Waals surface area (Å²) in [4.78, 5) is 33.4. The normalized spacial score (nSPS) is 12.7. The van der Waals surface area contributed by atoms with Crippen molar-refractivity contribution < 1.29 is 14.3 Å². The summed E-state index contributed by atoms with van der Waals surface area (Å²) in [6, 6.07) is 7.00. The summed E-state index contributed by atoms with van der Waals surface area (Å²) in [5, 5.41) is 5.53. The van der Waals surface area contributed by atoms with Gasteiger partial charge in [-0.3, -0.25) is 9.59 Å². The Bertz CT molecular complexity index is 791. The molecule has 0 atom stereocenters. The molecule has 1 aromatic carbocycles. The molecule has 0 aliphatic carbocycles. The highest BCUT2D eigenvalue weighted by molar-refractivity contribution is 5.95. The lowest BCUT2D eigenvalue weighted by Crippen LogP contribution is -2.26. The summed E-state index contributed by atoms with van der Waals surface area (Å²) in [5.41, 5.74) is 1.74.